The van der Waals surface area contributed by atoms with Gasteiger partial charge in [-0.2, -0.15) is 0 Å². The largest absolute Gasteiger partial charge is 0.339 e. The van der Waals surface area contributed by atoms with E-state index in [2.05, 4.69) is 5.32 Å². The molecular formula is C14H19Cl3N2O. The van der Waals surface area contributed by atoms with Crippen LogP contribution in [0, 0.1) is 5.92 Å². The molecule has 1 aromatic rings. The van der Waals surface area contributed by atoms with E-state index in [-0.39, 0.29) is 30.3 Å². The molecular weight excluding hydrogens is 319 g/mol. The maximum Gasteiger partial charge on any atom is 0.227 e. The fourth-order valence-corrected chi connectivity index (χ4v) is 2.96. The number of halogens is 3. The molecule has 1 fully saturated rings. The van der Waals surface area contributed by atoms with Crippen LogP contribution < -0.4 is 5.32 Å². The zero-order chi connectivity index (χ0) is 14.0. The Balaban J connectivity index is 0.00000200. The molecule has 2 rings (SSSR count). The number of carbonyl (C=O) groups excluding carboxylic acids is 1. The number of hydrogen-bond acceptors (Lipinski definition) is 2. The quantitative estimate of drug-likeness (QED) is 0.915. The van der Waals surface area contributed by atoms with Crippen molar-refractivity contribution in [1.29, 1.82) is 0 Å². The average Bonchev–Trinajstić information content (AvgIpc) is 2.90. The molecule has 1 amide bonds. The molecule has 0 bridgehead atoms. The van der Waals surface area contributed by atoms with E-state index in [0.29, 0.717) is 10.0 Å². The Morgan fingerprint density at radius 2 is 2.15 bits per heavy atom. The van der Waals surface area contributed by atoms with Gasteiger partial charge in [0.1, 0.15) is 0 Å². The van der Waals surface area contributed by atoms with Crippen molar-refractivity contribution in [3.05, 3.63) is 33.8 Å². The lowest BCUT2D eigenvalue weighted by Crippen LogP contribution is -2.35. The van der Waals surface area contributed by atoms with Gasteiger partial charge in [0.05, 0.1) is 12.0 Å². The van der Waals surface area contributed by atoms with Crippen LogP contribution in [-0.2, 0) is 4.79 Å². The molecule has 112 valence electrons. The fraction of sp³-hybridized carbons (Fsp3) is 0.500. The van der Waals surface area contributed by atoms with Crippen LogP contribution in [0.2, 0.25) is 10.0 Å². The van der Waals surface area contributed by atoms with Crippen molar-refractivity contribution in [3.63, 3.8) is 0 Å². The molecule has 6 heteroatoms. The van der Waals surface area contributed by atoms with E-state index in [1.165, 1.54) is 0 Å². The third kappa shape index (κ3) is 3.79. The van der Waals surface area contributed by atoms with E-state index in [1.54, 1.807) is 17.0 Å². The highest BCUT2D eigenvalue weighted by Gasteiger charge is 2.28. The van der Waals surface area contributed by atoms with Crippen molar-refractivity contribution in [1.82, 2.24) is 10.2 Å². The topological polar surface area (TPSA) is 32.3 Å². The zero-order valence-corrected chi connectivity index (χ0v) is 13.9. The molecule has 1 N–H and O–H groups in total. The van der Waals surface area contributed by atoms with Crippen LogP contribution >= 0.6 is 35.6 Å². The number of nitrogens with one attached hydrogen (secondary N) is 1. The van der Waals surface area contributed by atoms with Gasteiger partial charge >= 0.3 is 0 Å². The Hall–Kier alpha value is -0.480. The molecule has 1 heterocycles. The van der Waals surface area contributed by atoms with Crippen LogP contribution in [0.3, 0.4) is 0 Å². The summed E-state index contributed by atoms with van der Waals surface area (Å²) in [6.45, 7) is 3.67. The van der Waals surface area contributed by atoms with Crippen molar-refractivity contribution in [2.45, 2.75) is 19.4 Å². The van der Waals surface area contributed by atoms with Gasteiger partial charge < -0.3 is 10.2 Å². The number of hydrogen-bond donors (Lipinski definition) is 1. The van der Waals surface area contributed by atoms with Crippen molar-refractivity contribution in [2.24, 2.45) is 5.92 Å². The summed E-state index contributed by atoms with van der Waals surface area (Å²) >= 11 is 12.1. The van der Waals surface area contributed by atoms with Gasteiger partial charge in [-0.25, -0.2) is 0 Å². The molecule has 1 aromatic carbocycles. The van der Waals surface area contributed by atoms with Gasteiger partial charge in [0.25, 0.3) is 0 Å². The van der Waals surface area contributed by atoms with Gasteiger partial charge in [0, 0.05) is 23.6 Å². The maximum atomic E-state index is 12.4. The Kier molecular flexibility index (Phi) is 6.59. The average molecular weight is 338 g/mol. The third-order valence-electron chi connectivity index (χ3n) is 3.75. The zero-order valence-electron chi connectivity index (χ0n) is 11.5. The monoisotopic (exact) mass is 336 g/mol. The van der Waals surface area contributed by atoms with Crippen molar-refractivity contribution in [3.8, 4) is 0 Å². The summed E-state index contributed by atoms with van der Waals surface area (Å²) in [7, 11) is 1.83. The number of amides is 1. The first kappa shape index (κ1) is 17.6. The van der Waals surface area contributed by atoms with Gasteiger partial charge in [-0.15, -0.1) is 12.4 Å². The summed E-state index contributed by atoms with van der Waals surface area (Å²) in [5.74, 6) is 0.252. The number of rotatable bonds is 3. The summed E-state index contributed by atoms with van der Waals surface area (Å²) in [4.78, 5) is 14.1. The molecule has 0 radical (unpaired) electrons. The molecule has 1 aliphatic heterocycles. The highest BCUT2D eigenvalue weighted by Crippen LogP contribution is 2.30. The summed E-state index contributed by atoms with van der Waals surface area (Å²) < 4.78 is 0. The number of carbonyl (C=O) groups is 1. The standard InChI is InChI=1S/C14H18Cl2N2O.ClH/c1-9(12-4-3-11(15)7-13(12)16)18(2)14(19)10-5-6-17-8-10;/h3-4,7,9-10,17H,5-6,8H2,1-2H3;1H. The molecule has 1 saturated heterocycles. The second kappa shape index (κ2) is 7.51. The second-order valence-electron chi connectivity index (χ2n) is 4.98. The van der Waals surface area contributed by atoms with Gasteiger partial charge in [-0.1, -0.05) is 29.3 Å². The first-order chi connectivity index (χ1) is 9.00. The number of benzene rings is 1. The first-order valence-corrected chi connectivity index (χ1v) is 7.18. The highest BCUT2D eigenvalue weighted by molar-refractivity contribution is 6.35. The smallest absolute Gasteiger partial charge is 0.227 e. The predicted molar refractivity (Wildman–Crippen MR) is 85.9 cm³/mol. The van der Waals surface area contributed by atoms with Crippen molar-refractivity contribution < 1.29 is 4.79 Å². The molecule has 2 atom stereocenters. The van der Waals surface area contributed by atoms with Gasteiger partial charge in [0.2, 0.25) is 5.91 Å². The minimum absolute atomic E-state index is 0. The van der Waals surface area contributed by atoms with E-state index in [4.69, 9.17) is 23.2 Å². The van der Waals surface area contributed by atoms with Crippen LogP contribution in [0.4, 0.5) is 0 Å². The van der Waals surface area contributed by atoms with Gasteiger partial charge in [-0.3, -0.25) is 4.79 Å². The van der Waals surface area contributed by atoms with Gasteiger partial charge in [-0.05, 0) is 37.6 Å². The van der Waals surface area contributed by atoms with Crippen LogP contribution in [0.25, 0.3) is 0 Å². The van der Waals surface area contributed by atoms with Crippen LogP contribution in [-0.4, -0.2) is 30.9 Å². The fourth-order valence-electron chi connectivity index (χ4n) is 2.39. The Bertz CT molecular complexity index is 475. The predicted octanol–water partition coefficient (Wildman–Crippen LogP) is 3.54. The van der Waals surface area contributed by atoms with Gasteiger partial charge in [0.15, 0.2) is 0 Å². The molecule has 0 saturated carbocycles. The van der Waals surface area contributed by atoms with E-state index < -0.39 is 0 Å². The van der Waals surface area contributed by atoms with Crippen LogP contribution in [0.5, 0.6) is 0 Å². The molecule has 1 aliphatic rings. The van der Waals surface area contributed by atoms with E-state index in [1.807, 2.05) is 20.0 Å². The van der Waals surface area contributed by atoms with Crippen molar-refractivity contribution >= 4 is 41.5 Å². The maximum absolute atomic E-state index is 12.4. The Morgan fingerprint density at radius 1 is 1.45 bits per heavy atom. The van der Waals surface area contributed by atoms with E-state index in [9.17, 15) is 4.79 Å². The SMILES string of the molecule is CC(c1ccc(Cl)cc1Cl)N(C)C(=O)C1CCNC1.Cl. The summed E-state index contributed by atoms with van der Waals surface area (Å²) in [5, 5.41) is 4.42. The Labute approximate surface area is 136 Å². The van der Waals surface area contributed by atoms with Crippen LogP contribution in [0.1, 0.15) is 24.9 Å². The summed E-state index contributed by atoms with van der Waals surface area (Å²) in [5.41, 5.74) is 0.924. The normalized spacial score (nSPS) is 19.3. The second-order valence-corrected chi connectivity index (χ2v) is 5.82. The van der Waals surface area contributed by atoms with E-state index >= 15 is 0 Å². The lowest BCUT2D eigenvalue weighted by molar-refractivity contribution is -0.135. The lowest BCUT2D eigenvalue weighted by Gasteiger charge is -2.28. The molecule has 2 unspecified atom stereocenters. The van der Waals surface area contributed by atoms with Crippen molar-refractivity contribution in [2.75, 3.05) is 20.1 Å². The molecule has 0 aliphatic carbocycles. The minimum atomic E-state index is -0.0575. The lowest BCUT2D eigenvalue weighted by atomic mass is 10.0. The number of nitrogens with zero attached hydrogens (tertiary/aromatic N) is 1. The molecule has 0 spiro atoms. The Morgan fingerprint density at radius 3 is 2.70 bits per heavy atom. The van der Waals surface area contributed by atoms with E-state index in [0.717, 1.165) is 25.1 Å². The highest BCUT2D eigenvalue weighted by atomic mass is 35.5. The molecule has 20 heavy (non-hydrogen) atoms. The first-order valence-electron chi connectivity index (χ1n) is 6.43. The molecule has 0 aromatic heterocycles. The summed E-state index contributed by atoms with van der Waals surface area (Å²) in [6, 6.07) is 5.34. The third-order valence-corrected chi connectivity index (χ3v) is 4.31. The van der Waals surface area contributed by atoms with Crippen LogP contribution in [0.15, 0.2) is 18.2 Å². The summed E-state index contributed by atoms with van der Waals surface area (Å²) in [6.07, 6.45) is 0.907. The minimum Gasteiger partial charge on any atom is -0.339 e. The molecule has 3 nitrogen and oxygen atoms in total.